The van der Waals surface area contributed by atoms with Crippen molar-refractivity contribution in [3.8, 4) is 0 Å². The van der Waals surface area contributed by atoms with Gasteiger partial charge in [-0.15, -0.1) is 0 Å². The van der Waals surface area contributed by atoms with Crippen LogP contribution in [0.4, 0.5) is 4.79 Å². The topological polar surface area (TPSA) is 52.6 Å². The van der Waals surface area contributed by atoms with Crippen molar-refractivity contribution in [2.75, 3.05) is 13.2 Å². The van der Waals surface area contributed by atoms with Crippen LogP contribution < -0.4 is 5.32 Å². The number of hydrogen-bond donors (Lipinski definition) is 2. The van der Waals surface area contributed by atoms with E-state index in [0.717, 1.165) is 11.1 Å². The fourth-order valence-electron chi connectivity index (χ4n) is 2.06. The van der Waals surface area contributed by atoms with Gasteiger partial charge in [-0.2, -0.15) is 0 Å². The molecule has 0 radical (unpaired) electrons. The molecule has 0 bridgehead atoms. The lowest BCUT2D eigenvalue weighted by Crippen LogP contribution is -2.40. The Labute approximate surface area is 125 Å². The number of rotatable bonds is 6. The number of carbonyl (C=O) groups is 1. The van der Waals surface area contributed by atoms with Crippen LogP contribution in [0.25, 0.3) is 0 Å². The Balaban J connectivity index is 1.92. The summed E-state index contributed by atoms with van der Waals surface area (Å²) in [6, 6.07) is 19.3. The third-order valence-electron chi connectivity index (χ3n) is 3.16. The number of carbonyl (C=O) groups excluding carboxylic acids is 1. The van der Waals surface area contributed by atoms with Crippen LogP contribution in [-0.2, 0) is 13.1 Å². The first-order valence-corrected chi connectivity index (χ1v) is 7.01. The Kier molecular flexibility index (Phi) is 5.79. The molecule has 0 atom stereocenters. The molecule has 0 fully saturated rings. The molecule has 0 saturated carbocycles. The highest BCUT2D eigenvalue weighted by molar-refractivity contribution is 5.74. The number of nitrogens with one attached hydrogen (secondary N) is 1. The molecule has 2 rings (SSSR count). The molecule has 110 valence electrons. The number of aliphatic hydroxyl groups excluding tert-OH is 1. The summed E-state index contributed by atoms with van der Waals surface area (Å²) in [5.41, 5.74) is 2.09. The van der Waals surface area contributed by atoms with E-state index in [4.69, 9.17) is 5.11 Å². The van der Waals surface area contributed by atoms with Crippen LogP contribution in [0.2, 0.25) is 0 Å². The van der Waals surface area contributed by atoms with Crippen molar-refractivity contribution in [2.24, 2.45) is 0 Å². The molecule has 0 aromatic heterocycles. The second-order valence-electron chi connectivity index (χ2n) is 4.78. The fourth-order valence-corrected chi connectivity index (χ4v) is 2.06. The Bertz CT molecular complexity index is 543. The van der Waals surface area contributed by atoms with Gasteiger partial charge in [0.25, 0.3) is 0 Å². The smallest absolute Gasteiger partial charge is 0.318 e. The Hall–Kier alpha value is -2.33. The van der Waals surface area contributed by atoms with Crippen molar-refractivity contribution in [1.82, 2.24) is 10.2 Å². The highest BCUT2D eigenvalue weighted by Crippen LogP contribution is 2.05. The van der Waals surface area contributed by atoms with Gasteiger partial charge in [-0.3, -0.25) is 0 Å². The minimum Gasteiger partial charge on any atom is -0.395 e. The largest absolute Gasteiger partial charge is 0.395 e. The van der Waals surface area contributed by atoms with Gasteiger partial charge in [-0.1, -0.05) is 60.7 Å². The zero-order valence-electron chi connectivity index (χ0n) is 11.9. The zero-order chi connectivity index (χ0) is 14.9. The Morgan fingerprint density at radius 3 is 2.10 bits per heavy atom. The molecule has 0 aliphatic carbocycles. The number of nitrogens with zero attached hydrogens (tertiary/aromatic N) is 1. The number of hydrogen-bond acceptors (Lipinski definition) is 2. The summed E-state index contributed by atoms with van der Waals surface area (Å²) in [7, 11) is 0. The van der Waals surface area contributed by atoms with E-state index >= 15 is 0 Å². The summed E-state index contributed by atoms with van der Waals surface area (Å²) in [5.74, 6) is 0. The normalized spacial score (nSPS) is 10.1. The summed E-state index contributed by atoms with van der Waals surface area (Å²) in [6.45, 7) is 1.24. The molecular weight excluding hydrogens is 264 g/mol. The summed E-state index contributed by atoms with van der Waals surface area (Å²) >= 11 is 0. The highest BCUT2D eigenvalue weighted by atomic mass is 16.3. The molecule has 0 heterocycles. The number of aliphatic hydroxyl groups is 1. The molecule has 2 aromatic carbocycles. The molecule has 0 unspecified atom stereocenters. The SMILES string of the molecule is O=C(NCc1ccccc1)N(CCO)Cc1ccccc1. The van der Waals surface area contributed by atoms with E-state index in [1.807, 2.05) is 60.7 Å². The van der Waals surface area contributed by atoms with E-state index in [1.54, 1.807) is 4.90 Å². The van der Waals surface area contributed by atoms with Crippen molar-refractivity contribution < 1.29 is 9.90 Å². The molecule has 0 aliphatic heterocycles. The lowest BCUT2D eigenvalue weighted by molar-refractivity contribution is 0.173. The van der Waals surface area contributed by atoms with Gasteiger partial charge < -0.3 is 15.3 Å². The van der Waals surface area contributed by atoms with Crippen molar-refractivity contribution in [2.45, 2.75) is 13.1 Å². The fraction of sp³-hybridized carbons (Fsp3) is 0.235. The van der Waals surface area contributed by atoms with E-state index in [0.29, 0.717) is 19.6 Å². The van der Waals surface area contributed by atoms with Crippen LogP contribution in [0.5, 0.6) is 0 Å². The van der Waals surface area contributed by atoms with Gasteiger partial charge in [-0.05, 0) is 11.1 Å². The van der Waals surface area contributed by atoms with Crippen molar-refractivity contribution in [1.29, 1.82) is 0 Å². The van der Waals surface area contributed by atoms with Gasteiger partial charge in [0.2, 0.25) is 0 Å². The summed E-state index contributed by atoms with van der Waals surface area (Å²) < 4.78 is 0. The lowest BCUT2D eigenvalue weighted by atomic mass is 10.2. The molecule has 2 aromatic rings. The van der Waals surface area contributed by atoms with Gasteiger partial charge in [0.05, 0.1) is 6.61 Å². The first kappa shape index (κ1) is 15.1. The summed E-state index contributed by atoms with van der Waals surface area (Å²) in [6.07, 6.45) is 0. The van der Waals surface area contributed by atoms with Crippen LogP contribution in [-0.4, -0.2) is 29.2 Å². The standard InChI is InChI=1S/C17H20N2O2/c20-12-11-19(14-16-9-5-2-6-10-16)17(21)18-13-15-7-3-1-4-8-15/h1-10,20H,11-14H2,(H,18,21). The van der Waals surface area contributed by atoms with Gasteiger partial charge in [0.1, 0.15) is 0 Å². The van der Waals surface area contributed by atoms with Crippen LogP contribution in [0.15, 0.2) is 60.7 Å². The predicted molar refractivity (Wildman–Crippen MR) is 82.6 cm³/mol. The van der Waals surface area contributed by atoms with Crippen LogP contribution >= 0.6 is 0 Å². The Morgan fingerprint density at radius 1 is 0.952 bits per heavy atom. The van der Waals surface area contributed by atoms with Crippen LogP contribution in [0.1, 0.15) is 11.1 Å². The average molecular weight is 284 g/mol. The van der Waals surface area contributed by atoms with Crippen molar-refractivity contribution >= 4 is 6.03 Å². The van der Waals surface area contributed by atoms with Gasteiger partial charge in [0.15, 0.2) is 0 Å². The molecule has 2 N–H and O–H groups in total. The minimum absolute atomic E-state index is 0.0500. The maximum absolute atomic E-state index is 12.2. The van der Waals surface area contributed by atoms with Crippen LogP contribution in [0, 0.1) is 0 Å². The third-order valence-corrected chi connectivity index (χ3v) is 3.16. The summed E-state index contributed by atoms with van der Waals surface area (Å²) in [5, 5.41) is 12.0. The van der Waals surface area contributed by atoms with E-state index < -0.39 is 0 Å². The zero-order valence-corrected chi connectivity index (χ0v) is 11.9. The quantitative estimate of drug-likeness (QED) is 0.856. The number of benzene rings is 2. The molecular formula is C17H20N2O2. The van der Waals surface area contributed by atoms with Crippen molar-refractivity contribution in [3.05, 3.63) is 71.8 Å². The maximum Gasteiger partial charge on any atom is 0.318 e. The molecule has 0 aliphatic rings. The molecule has 2 amide bonds. The van der Waals surface area contributed by atoms with E-state index in [1.165, 1.54) is 0 Å². The van der Waals surface area contributed by atoms with E-state index in [9.17, 15) is 4.79 Å². The van der Waals surface area contributed by atoms with Gasteiger partial charge >= 0.3 is 6.03 Å². The van der Waals surface area contributed by atoms with Gasteiger partial charge in [0, 0.05) is 19.6 Å². The first-order chi connectivity index (χ1) is 10.3. The average Bonchev–Trinajstić information content (AvgIpc) is 2.54. The molecule has 4 nitrogen and oxygen atoms in total. The van der Waals surface area contributed by atoms with Crippen LogP contribution in [0.3, 0.4) is 0 Å². The molecule has 0 spiro atoms. The van der Waals surface area contributed by atoms with E-state index in [2.05, 4.69) is 5.32 Å². The number of amides is 2. The van der Waals surface area contributed by atoms with Crippen molar-refractivity contribution in [3.63, 3.8) is 0 Å². The number of urea groups is 1. The summed E-state index contributed by atoms with van der Waals surface area (Å²) in [4.78, 5) is 13.8. The highest BCUT2D eigenvalue weighted by Gasteiger charge is 2.12. The monoisotopic (exact) mass is 284 g/mol. The molecule has 0 saturated heterocycles. The van der Waals surface area contributed by atoms with Gasteiger partial charge in [-0.25, -0.2) is 4.79 Å². The lowest BCUT2D eigenvalue weighted by Gasteiger charge is -2.22. The second kappa shape index (κ2) is 8.07. The predicted octanol–water partition coefficient (Wildman–Crippen LogP) is 2.39. The molecule has 4 heteroatoms. The molecule has 21 heavy (non-hydrogen) atoms. The minimum atomic E-state index is -0.170. The Morgan fingerprint density at radius 2 is 1.52 bits per heavy atom. The second-order valence-corrected chi connectivity index (χ2v) is 4.78. The third kappa shape index (κ3) is 4.93. The van der Waals surface area contributed by atoms with E-state index in [-0.39, 0.29) is 12.6 Å². The maximum atomic E-state index is 12.2. The first-order valence-electron chi connectivity index (χ1n) is 7.01.